The van der Waals surface area contributed by atoms with Crippen molar-refractivity contribution in [2.45, 2.75) is 6.92 Å². The van der Waals surface area contributed by atoms with E-state index in [9.17, 15) is 4.79 Å². The molecule has 0 aliphatic rings. The number of carbonyl (C=O) groups is 1. The second kappa shape index (κ2) is 5.44. The lowest BCUT2D eigenvalue weighted by Gasteiger charge is -2.15. The third kappa shape index (κ3) is 2.56. The first-order valence-electron chi connectivity index (χ1n) is 5.90. The summed E-state index contributed by atoms with van der Waals surface area (Å²) in [5.41, 5.74) is 0.867. The number of para-hydroxylation sites is 1. The van der Waals surface area contributed by atoms with Crippen molar-refractivity contribution in [2.75, 3.05) is 25.5 Å². The van der Waals surface area contributed by atoms with Gasteiger partial charge in [0.05, 0.1) is 12.1 Å². The van der Waals surface area contributed by atoms with Crippen LogP contribution in [-0.4, -0.2) is 40.9 Å². The molecule has 5 heteroatoms. The fourth-order valence-electron chi connectivity index (χ4n) is 1.62. The molecule has 5 nitrogen and oxygen atoms in total. The highest BCUT2D eigenvalue weighted by molar-refractivity contribution is 5.90. The van der Waals surface area contributed by atoms with Gasteiger partial charge in [0.25, 0.3) is 0 Å². The number of rotatable bonds is 4. The monoisotopic (exact) mass is 244 g/mol. The van der Waals surface area contributed by atoms with Gasteiger partial charge in [0, 0.05) is 19.0 Å². The van der Waals surface area contributed by atoms with Crippen LogP contribution in [0.5, 0.6) is 0 Å². The van der Waals surface area contributed by atoms with E-state index >= 15 is 0 Å². The van der Waals surface area contributed by atoms with E-state index in [0.717, 1.165) is 10.9 Å². The number of amides is 1. The highest BCUT2D eigenvalue weighted by Crippen LogP contribution is 2.17. The lowest BCUT2D eigenvalue weighted by molar-refractivity contribution is -0.127. The molecule has 0 bridgehead atoms. The molecule has 0 radical (unpaired) electrons. The Labute approximate surface area is 106 Å². The van der Waals surface area contributed by atoms with E-state index in [1.54, 1.807) is 11.9 Å². The van der Waals surface area contributed by atoms with Crippen LogP contribution in [0, 0.1) is 0 Å². The van der Waals surface area contributed by atoms with Crippen molar-refractivity contribution >= 4 is 22.6 Å². The van der Waals surface area contributed by atoms with Gasteiger partial charge < -0.3 is 10.2 Å². The summed E-state index contributed by atoms with van der Waals surface area (Å²) < 4.78 is 0. The average molecular weight is 244 g/mol. The van der Waals surface area contributed by atoms with Gasteiger partial charge in [-0.2, -0.15) is 0 Å². The third-order valence-corrected chi connectivity index (χ3v) is 2.85. The Morgan fingerprint density at radius 1 is 1.33 bits per heavy atom. The second-order valence-electron chi connectivity index (χ2n) is 4.00. The van der Waals surface area contributed by atoms with Crippen LogP contribution >= 0.6 is 0 Å². The number of carbonyl (C=O) groups excluding carboxylic acids is 1. The van der Waals surface area contributed by atoms with E-state index < -0.39 is 0 Å². The van der Waals surface area contributed by atoms with Gasteiger partial charge in [-0.1, -0.05) is 12.1 Å². The molecule has 0 spiro atoms. The van der Waals surface area contributed by atoms with Crippen molar-refractivity contribution in [1.29, 1.82) is 0 Å². The van der Waals surface area contributed by atoms with Crippen LogP contribution in [0.3, 0.4) is 0 Å². The van der Waals surface area contributed by atoms with Crippen molar-refractivity contribution < 1.29 is 4.79 Å². The predicted molar refractivity (Wildman–Crippen MR) is 71.3 cm³/mol. The molecule has 0 saturated carbocycles. The molecule has 1 N–H and O–H groups in total. The fourth-order valence-corrected chi connectivity index (χ4v) is 1.62. The van der Waals surface area contributed by atoms with E-state index in [2.05, 4.69) is 15.3 Å². The zero-order valence-corrected chi connectivity index (χ0v) is 10.6. The highest BCUT2D eigenvalue weighted by atomic mass is 16.2. The number of hydrogen-bond acceptors (Lipinski definition) is 4. The highest BCUT2D eigenvalue weighted by Gasteiger charge is 2.08. The molecule has 1 aromatic heterocycles. The summed E-state index contributed by atoms with van der Waals surface area (Å²) in [5.74, 6) is 0.735. The Morgan fingerprint density at radius 2 is 2.11 bits per heavy atom. The minimum atomic E-state index is 0.0418. The summed E-state index contributed by atoms with van der Waals surface area (Å²) in [4.78, 5) is 21.7. The van der Waals surface area contributed by atoms with Crippen molar-refractivity contribution in [2.24, 2.45) is 0 Å². The summed E-state index contributed by atoms with van der Waals surface area (Å²) in [6.07, 6.45) is 1.50. The molecule has 0 aliphatic heterocycles. The fraction of sp³-hybridized carbons (Fsp3) is 0.308. The van der Waals surface area contributed by atoms with Gasteiger partial charge in [0.15, 0.2) is 0 Å². The molecular weight excluding hydrogens is 228 g/mol. The third-order valence-electron chi connectivity index (χ3n) is 2.85. The molecule has 1 heterocycles. The van der Waals surface area contributed by atoms with Crippen LogP contribution in [0.4, 0.5) is 5.82 Å². The zero-order chi connectivity index (χ0) is 13.0. The van der Waals surface area contributed by atoms with Crippen molar-refractivity contribution in [1.82, 2.24) is 14.9 Å². The van der Waals surface area contributed by atoms with Gasteiger partial charge >= 0.3 is 0 Å². The van der Waals surface area contributed by atoms with E-state index in [1.807, 2.05) is 31.2 Å². The molecule has 0 saturated heterocycles. The summed E-state index contributed by atoms with van der Waals surface area (Å²) in [6.45, 7) is 2.88. The Kier molecular flexibility index (Phi) is 3.72. The summed E-state index contributed by atoms with van der Waals surface area (Å²) >= 11 is 0. The molecule has 0 atom stereocenters. The number of anilines is 1. The standard InChI is InChI=1S/C13H16N4O/c1-3-17(2)12(18)8-14-13-10-6-4-5-7-11(10)15-9-16-13/h4-7,9H,3,8H2,1-2H3,(H,14,15,16). The predicted octanol–water partition coefficient (Wildman–Crippen LogP) is 1.52. The first kappa shape index (κ1) is 12.3. The van der Waals surface area contributed by atoms with Crippen LogP contribution in [0.25, 0.3) is 10.9 Å². The minimum Gasteiger partial charge on any atom is -0.360 e. The lowest BCUT2D eigenvalue weighted by atomic mass is 10.2. The van der Waals surface area contributed by atoms with E-state index in [-0.39, 0.29) is 12.5 Å². The molecule has 18 heavy (non-hydrogen) atoms. The van der Waals surface area contributed by atoms with Gasteiger partial charge in [-0.25, -0.2) is 9.97 Å². The minimum absolute atomic E-state index is 0.0418. The Morgan fingerprint density at radius 3 is 2.89 bits per heavy atom. The quantitative estimate of drug-likeness (QED) is 0.886. The molecule has 0 aliphatic carbocycles. The lowest BCUT2D eigenvalue weighted by Crippen LogP contribution is -2.32. The van der Waals surface area contributed by atoms with Crippen LogP contribution in [0.1, 0.15) is 6.92 Å². The SMILES string of the molecule is CCN(C)C(=O)CNc1ncnc2ccccc12. The normalized spacial score (nSPS) is 10.3. The number of nitrogens with one attached hydrogen (secondary N) is 1. The maximum atomic E-state index is 11.7. The van der Waals surface area contributed by atoms with Gasteiger partial charge in [-0.05, 0) is 19.1 Å². The first-order valence-corrected chi connectivity index (χ1v) is 5.90. The number of nitrogens with zero attached hydrogens (tertiary/aromatic N) is 3. The second-order valence-corrected chi connectivity index (χ2v) is 4.00. The topological polar surface area (TPSA) is 58.1 Å². The molecule has 94 valence electrons. The maximum Gasteiger partial charge on any atom is 0.241 e. The summed E-state index contributed by atoms with van der Waals surface area (Å²) in [5, 5.41) is 3.98. The Hall–Kier alpha value is -2.17. The average Bonchev–Trinajstić information content (AvgIpc) is 2.43. The van der Waals surface area contributed by atoms with E-state index in [1.165, 1.54) is 6.33 Å². The zero-order valence-electron chi connectivity index (χ0n) is 10.6. The largest absolute Gasteiger partial charge is 0.360 e. The van der Waals surface area contributed by atoms with Crippen LogP contribution in [-0.2, 0) is 4.79 Å². The number of fused-ring (bicyclic) bond motifs is 1. The molecule has 0 unspecified atom stereocenters. The molecule has 1 aromatic carbocycles. The number of benzene rings is 1. The van der Waals surface area contributed by atoms with Crippen molar-refractivity contribution in [3.8, 4) is 0 Å². The number of aromatic nitrogens is 2. The van der Waals surface area contributed by atoms with Crippen LogP contribution < -0.4 is 5.32 Å². The molecule has 0 fully saturated rings. The van der Waals surface area contributed by atoms with Crippen LogP contribution in [0.15, 0.2) is 30.6 Å². The van der Waals surface area contributed by atoms with Crippen LogP contribution in [0.2, 0.25) is 0 Å². The maximum absolute atomic E-state index is 11.7. The number of likely N-dealkylation sites (N-methyl/N-ethyl adjacent to an activating group) is 1. The van der Waals surface area contributed by atoms with Gasteiger partial charge in [0.1, 0.15) is 12.1 Å². The van der Waals surface area contributed by atoms with Gasteiger partial charge in [-0.3, -0.25) is 4.79 Å². The Bertz CT molecular complexity index is 550. The smallest absolute Gasteiger partial charge is 0.241 e. The Balaban J connectivity index is 2.15. The van der Waals surface area contributed by atoms with E-state index in [0.29, 0.717) is 12.4 Å². The summed E-state index contributed by atoms with van der Waals surface area (Å²) in [7, 11) is 1.78. The first-order chi connectivity index (χ1) is 8.72. The molecule has 2 rings (SSSR count). The number of hydrogen-bond donors (Lipinski definition) is 1. The van der Waals surface area contributed by atoms with Crippen molar-refractivity contribution in [3.05, 3.63) is 30.6 Å². The van der Waals surface area contributed by atoms with Crippen molar-refractivity contribution in [3.63, 3.8) is 0 Å². The van der Waals surface area contributed by atoms with Gasteiger partial charge in [-0.15, -0.1) is 0 Å². The van der Waals surface area contributed by atoms with Gasteiger partial charge in [0.2, 0.25) is 5.91 Å². The van der Waals surface area contributed by atoms with E-state index in [4.69, 9.17) is 0 Å². The molecule has 2 aromatic rings. The summed E-state index contributed by atoms with van der Waals surface area (Å²) in [6, 6.07) is 7.71. The molecular formula is C13H16N4O. The molecule has 1 amide bonds.